The van der Waals surface area contributed by atoms with Gasteiger partial charge in [0, 0.05) is 10.8 Å². The van der Waals surface area contributed by atoms with Crippen molar-refractivity contribution in [2.24, 2.45) is 0 Å². The molecule has 6 nitrogen and oxygen atoms in total. The number of aryl methyl sites for hydroxylation is 1. The third kappa shape index (κ3) is 2.47. The van der Waals surface area contributed by atoms with Gasteiger partial charge in [-0.15, -0.1) is 0 Å². The van der Waals surface area contributed by atoms with E-state index in [4.69, 9.17) is 4.55 Å². The predicted octanol–water partition coefficient (Wildman–Crippen LogP) is 1.64. The summed E-state index contributed by atoms with van der Waals surface area (Å²) in [6.07, 6.45) is 0. The minimum Gasteiger partial charge on any atom is -0.282 e. The van der Waals surface area contributed by atoms with Crippen LogP contribution in [0.5, 0.6) is 0 Å². The van der Waals surface area contributed by atoms with Gasteiger partial charge in [-0.2, -0.15) is 16.8 Å². The number of hydrogen-bond acceptors (Lipinski definition) is 4. The zero-order valence-electron chi connectivity index (χ0n) is 9.73. The van der Waals surface area contributed by atoms with Crippen LogP contribution in [0.1, 0.15) is 5.56 Å². The maximum Gasteiger partial charge on any atom is 0.295 e. The van der Waals surface area contributed by atoms with Crippen LogP contribution in [0.2, 0.25) is 0 Å². The second-order valence-corrected chi connectivity index (χ2v) is 6.76. The molecule has 19 heavy (non-hydrogen) atoms. The normalized spacial score (nSPS) is 12.8. The molecule has 0 bridgehead atoms. The van der Waals surface area contributed by atoms with Gasteiger partial charge in [-0.05, 0) is 18.6 Å². The van der Waals surface area contributed by atoms with Crippen LogP contribution < -0.4 is 0 Å². The SMILES string of the molecule is Cc1ccc2c(S(=O)(=O)O)cccc2c1S(=O)(=O)O. The molecule has 0 heterocycles. The molecule has 0 saturated heterocycles. The van der Waals surface area contributed by atoms with E-state index >= 15 is 0 Å². The molecule has 0 aliphatic heterocycles. The fourth-order valence-electron chi connectivity index (χ4n) is 1.98. The summed E-state index contributed by atoms with van der Waals surface area (Å²) in [5.74, 6) is 0. The molecule has 0 unspecified atom stereocenters. The minimum absolute atomic E-state index is 0.0308. The molecule has 102 valence electrons. The molecule has 2 N–H and O–H groups in total. The molecule has 0 aliphatic rings. The first-order valence-corrected chi connectivity index (χ1v) is 7.97. The lowest BCUT2D eigenvalue weighted by atomic mass is 10.1. The van der Waals surface area contributed by atoms with Crippen LogP contribution in [0.15, 0.2) is 40.1 Å². The quantitative estimate of drug-likeness (QED) is 0.816. The van der Waals surface area contributed by atoms with Crippen LogP contribution in [-0.4, -0.2) is 25.9 Å². The van der Waals surface area contributed by atoms with Crippen molar-refractivity contribution in [2.75, 3.05) is 0 Å². The van der Waals surface area contributed by atoms with E-state index in [1.54, 1.807) is 0 Å². The minimum atomic E-state index is -4.50. The van der Waals surface area contributed by atoms with Gasteiger partial charge in [0.25, 0.3) is 20.2 Å². The average molecular weight is 302 g/mol. The monoisotopic (exact) mass is 302 g/mol. The fraction of sp³-hybridized carbons (Fsp3) is 0.0909. The standard InChI is InChI=1S/C11H10O6S2/c1-7-5-6-8-9(11(7)19(15,16)17)3-2-4-10(8)18(12,13)14/h2-6H,1H3,(H,12,13,14)(H,15,16,17). The van der Waals surface area contributed by atoms with Gasteiger partial charge in [0.15, 0.2) is 0 Å². The van der Waals surface area contributed by atoms with Gasteiger partial charge in [-0.25, -0.2) is 0 Å². The third-order valence-corrected chi connectivity index (χ3v) is 4.67. The van der Waals surface area contributed by atoms with Crippen molar-refractivity contribution in [3.05, 3.63) is 35.9 Å². The van der Waals surface area contributed by atoms with E-state index in [1.807, 2.05) is 0 Å². The van der Waals surface area contributed by atoms with Crippen LogP contribution in [0, 0.1) is 6.92 Å². The summed E-state index contributed by atoms with van der Waals surface area (Å²) in [7, 11) is -8.98. The summed E-state index contributed by atoms with van der Waals surface area (Å²) in [6, 6.07) is 6.54. The molecular formula is C11H10O6S2. The highest BCUT2D eigenvalue weighted by Gasteiger charge is 2.21. The van der Waals surface area contributed by atoms with Crippen LogP contribution in [-0.2, 0) is 20.2 Å². The van der Waals surface area contributed by atoms with Crippen LogP contribution >= 0.6 is 0 Å². The van der Waals surface area contributed by atoms with Gasteiger partial charge in [0.05, 0.1) is 0 Å². The summed E-state index contributed by atoms with van der Waals surface area (Å²) in [4.78, 5) is -0.773. The highest BCUT2D eigenvalue weighted by molar-refractivity contribution is 7.86. The summed E-state index contributed by atoms with van der Waals surface area (Å²) in [6.45, 7) is 1.47. The predicted molar refractivity (Wildman–Crippen MR) is 68.3 cm³/mol. The molecule has 0 saturated carbocycles. The first-order chi connectivity index (χ1) is 8.62. The Labute approximate surface area is 110 Å². The van der Waals surface area contributed by atoms with E-state index in [0.717, 1.165) is 6.07 Å². The van der Waals surface area contributed by atoms with Crippen LogP contribution in [0.25, 0.3) is 10.8 Å². The third-order valence-electron chi connectivity index (χ3n) is 2.70. The smallest absolute Gasteiger partial charge is 0.282 e. The van der Waals surface area contributed by atoms with Crippen molar-refractivity contribution >= 4 is 31.0 Å². The Morgan fingerprint density at radius 2 is 1.47 bits per heavy atom. The van der Waals surface area contributed by atoms with Gasteiger partial charge >= 0.3 is 0 Å². The molecule has 0 atom stereocenters. The van der Waals surface area contributed by atoms with Crippen molar-refractivity contribution in [2.45, 2.75) is 16.7 Å². The van der Waals surface area contributed by atoms with E-state index in [0.29, 0.717) is 0 Å². The molecule has 8 heteroatoms. The largest absolute Gasteiger partial charge is 0.295 e. The van der Waals surface area contributed by atoms with E-state index < -0.39 is 25.1 Å². The maximum atomic E-state index is 11.4. The fourth-order valence-corrected chi connectivity index (χ4v) is 3.61. The highest BCUT2D eigenvalue weighted by Crippen LogP contribution is 2.30. The Kier molecular flexibility index (Phi) is 3.13. The second-order valence-electron chi connectivity index (χ2n) is 4.01. The Morgan fingerprint density at radius 3 is 2.00 bits per heavy atom. The van der Waals surface area contributed by atoms with Gasteiger partial charge in [-0.1, -0.05) is 24.3 Å². The molecule has 0 fully saturated rings. The zero-order chi connectivity index (χ0) is 14.4. The number of fused-ring (bicyclic) bond motifs is 1. The Hall–Kier alpha value is -1.48. The van der Waals surface area contributed by atoms with Gasteiger partial charge in [0.1, 0.15) is 9.79 Å². The molecular weight excluding hydrogens is 292 g/mol. The van der Waals surface area contributed by atoms with Gasteiger partial charge < -0.3 is 0 Å². The topological polar surface area (TPSA) is 109 Å². The van der Waals surface area contributed by atoms with Crippen molar-refractivity contribution in [1.29, 1.82) is 0 Å². The summed E-state index contributed by atoms with van der Waals surface area (Å²) >= 11 is 0. The summed E-state index contributed by atoms with van der Waals surface area (Å²) in [5, 5.41) is 0.0702. The maximum absolute atomic E-state index is 11.4. The number of rotatable bonds is 2. The van der Waals surface area contributed by atoms with Crippen molar-refractivity contribution in [1.82, 2.24) is 0 Å². The lowest BCUT2D eigenvalue weighted by Crippen LogP contribution is -2.04. The molecule has 2 aromatic carbocycles. The first kappa shape index (κ1) is 13.9. The van der Waals surface area contributed by atoms with E-state index in [2.05, 4.69) is 0 Å². The number of benzene rings is 2. The second kappa shape index (κ2) is 4.27. The zero-order valence-corrected chi connectivity index (χ0v) is 11.4. The van der Waals surface area contributed by atoms with E-state index in [9.17, 15) is 21.4 Å². The molecule has 2 aromatic rings. The Morgan fingerprint density at radius 1 is 0.842 bits per heavy atom. The lowest BCUT2D eigenvalue weighted by Gasteiger charge is -2.09. The van der Waals surface area contributed by atoms with E-state index in [-0.39, 0.29) is 21.2 Å². The molecule has 0 aliphatic carbocycles. The van der Waals surface area contributed by atoms with Crippen molar-refractivity contribution in [3.8, 4) is 0 Å². The summed E-state index contributed by atoms with van der Waals surface area (Å²) < 4.78 is 63.5. The van der Waals surface area contributed by atoms with Crippen molar-refractivity contribution < 1.29 is 25.9 Å². The number of hydrogen-bond donors (Lipinski definition) is 2. The average Bonchev–Trinajstić information content (AvgIpc) is 2.24. The molecule has 2 rings (SSSR count). The molecule has 0 aromatic heterocycles. The first-order valence-electron chi connectivity index (χ1n) is 5.09. The lowest BCUT2D eigenvalue weighted by molar-refractivity contribution is 0.480. The molecule has 0 spiro atoms. The van der Waals surface area contributed by atoms with Crippen LogP contribution in [0.3, 0.4) is 0 Å². The molecule has 0 amide bonds. The summed E-state index contributed by atoms with van der Waals surface area (Å²) in [5.41, 5.74) is 0.280. The van der Waals surface area contributed by atoms with Crippen molar-refractivity contribution in [3.63, 3.8) is 0 Å². The Balaban J connectivity index is 3.07. The molecule has 0 radical (unpaired) electrons. The van der Waals surface area contributed by atoms with Crippen LogP contribution in [0.4, 0.5) is 0 Å². The van der Waals surface area contributed by atoms with Gasteiger partial charge in [-0.3, -0.25) is 9.11 Å². The highest BCUT2D eigenvalue weighted by atomic mass is 32.2. The van der Waals surface area contributed by atoms with E-state index in [1.165, 1.54) is 31.2 Å². The van der Waals surface area contributed by atoms with Gasteiger partial charge in [0.2, 0.25) is 0 Å². The Bertz CT molecular complexity index is 865.